The summed E-state index contributed by atoms with van der Waals surface area (Å²) in [7, 11) is 1.43. The van der Waals surface area contributed by atoms with Gasteiger partial charge in [-0.15, -0.1) is 0 Å². The highest BCUT2D eigenvalue weighted by molar-refractivity contribution is 5.36. The van der Waals surface area contributed by atoms with Crippen LogP contribution in [0.2, 0.25) is 0 Å². The predicted molar refractivity (Wildman–Crippen MR) is 114 cm³/mol. The maximum Gasteiger partial charge on any atom is 0.395 e. The summed E-state index contributed by atoms with van der Waals surface area (Å²) in [5, 5.41) is 3.21. The van der Waals surface area contributed by atoms with E-state index in [0.717, 1.165) is 12.5 Å². The Morgan fingerprint density at radius 2 is 1.67 bits per heavy atom. The van der Waals surface area contributed by atoms with Crippen molar-refractivity contribution in [3.8, 4) is 5.75 Å². The van der Waals surface area contributed by atoms with E-state index in [1.165, 1.54) is 12.0 Å². The largest absolute Gasteiger partial charge is 0.496 e. The Balaban J connectivity index is 1.94. The quantitative estimate of drug-likeness (QED) is 0.500. The molecule has 1 aliphatic heterocycles. The van der Waals surface area contributed by atoms with Crippen molar-refractivity contribution in [2.75, 3.05) is 26.7 Å². The predicted octanol–water partition coefficient (Wildman–Crippen LogP) is 5.98. The van der Waals surface area contributed by atoms with Gasteiger partial charge < -0.3 is 10.1 Å². The van der Waals surface area contributed by atoms with Gasteiger partial charge in [-0.1, -0.05) is 48.5 Å². The minimum Gasteiger partial charge on any atom is -0.496 e. The maximum atomic E-state index is 13.9. The standard InChI is InChI=1S/C24H28F6N2O/c1-22(24(28,29)30)12-18(23(25,26)27)15-32(16-22)20(19-10-6-7-11-21(19)33-2)14-31-13-17-8-4-3-5-9-17/h3-11,18,20,31H,12-16H2,1-2H3. The van der Waals surface area contributed by atoms with Crippen LogP contribution < -0.4 is 10.1 Å². The molecule has 9 heteroatoms. The molecule has 0 amide bonds. The van der Waals surface area contributed by atoms with Crippen molar-refractivity contribution >= 4 is 0 Å². The Labute approximate surface area is 189 Å². The fraction of sp³-hybridized carbons (Fsp3) is 0.500. The van der Waals surface area contributed by atoms with Crippen LogP contribution in [0.15, 0.2) is 54.6 Å². The average molecular weight is 474 g/mol. The van der Waals surface area contributed by atoms with Crippen LogP contribution >= 0.6 is 0 Å². The SMILES string of the molecule is COc1ccccc1C(CNCc1ccccc1)N1CC(C(F)(F)F)CC(C)(C(F)(F)F)C1. The Morgan fingerprint density at radius 3 is 2.27 bits per heavy atom. The zero-order chi connectivity index (χ0) is 24.3. The molecule has 0 bridgehead atoms. The van der Waals surface area contributed by atoms with Gasteiger partial charge in [-0.2, -0.15) is 26.3 Å². The first-order valence-corrected chi connectivity index (χ1v) is 10.7. The molecule has 0 aromatic heterocycles. The number of nitrogens with one attached hydrogen (secondary N) is 1. The molecule has 3 atom stereocenters. The van der Waals surface area contributed by atoms with Crippen LogP contribution in [0.25, 0.3) is 0 Å². The number of ether oxygens (including phenoxy) is 1. The van der Waals surface area contributed by atoms with Crippen molar-refractivity contribution in [3.63, 3.8) is 0 Å². The highest BCUT2D eigenvalue weighted by Gasteiger charge is 2.59. The van der Waals surface area contributed by atoms with Crippen molar-refractivity contribution in [1.82, 2.24) is 10.2 Å². The molecular weight excluding hydrogens is 446 g/mol. The molecule has 3 nitrogen and oxygen atoms in total. The molecule has 1 aliphatic rings. The number of hydrogen-bond donors (Lipinski definition) is 1. The first-order chi connectivity index (χ1) is 15.4. The molecule has 0 radical (unpaired) electrons. The number of methoxy groups -OCH3 is 1. The summed E-state index contributed by atoms with van der Waals surface area (Å²) >= 11 is 0. The molecule has 182 valence electrons. The van der Waals surface area contributed by atoms with Gasteiger partial charge in [0, 0.05) is 31.7 Å². The summed E-state index contributed by atoms with van der Waals surface area (Å²) in [5.41, 5.74) is -0.971. The second-order valence-electron chi connectivity index (χ2n) is 8.80. The lowest BCUT2D eigenvalue weighted by molar-refractivity contribution is -0.268. The van der Waals surface area contributed by atoms with Gasteiger partial charge in [0.05, 0.1) is 24.5 Å². The molecule has 0 spiro atoms. The molecule has 1 N–H and O–H groups in total. The van der Waals surface area contributed by atoms with E-state index in [2.05, 4.69) is 5.32 Å². The number of para-hydroxylation sites is 1. The number of likely N-dealkylation sites (tertiary alicyclic amines) is 1. The van der Waals surface area contributed by atoms with Gasteiger partial charge in [-0.25, -0.2) is 0 Å². The van der Waals surface area contributed by atoms with Crippen molar-refractivity contribution < 1.29 is 31.1 Å². The summed E-state index contributed by atoms with van der Waals surface area (Å²) in [5.74, 6) is -1.66. The zero-order valence-electron chi connectivity index (χ0n) is 18.5. The third-order valence-electron chi connectivity index (χ3n) is 6.30. The smallest absolute Gasteiger partial charge is 0.395 e. The van der Waals surface area contributed by atoms with Gasteiger partial charge in [0.25, 0.3) is 0 Å². The molecule has 0 aliphatic carbocycles. The average Bonchev–Trinajstić information content (AvgIpc) is 2.76. The Kier molecular flexibility index (Phi) is 7.63. The number of nitrogens with zero attached hydrogens (tertiary/aromatic N) is 1. The number of piperidine rings is 1. The van der Waals surface area contributed by atoms with Crippen molar-refractivity contribution in [1.29, 1.82) is 0 Å². The number of rotatable bonds is 7. The van der Waals surface area contributed by atoms with Crippen molar-refractivity contribution in [2.24, 2.45) is 11.3 Å². The van der Waals surface area contributed by atoms with Crippen LogP contribution in [0.5, 0.6) is 5.75 Å². The van der Waals surface area contributed by atoms with Gasteiger partial charge in [-0.05, 0) is 25.0 Å². The van der Waals surface area contributed by atoms with E-state index in [1.54, 1.807) is 24.3 Å². The lowest BCUT2D eigenvalue weighted by Gasteiger charge is -2.48. The number of hydrogen-bond acceptors (Lipinski definition) is 3. The molecule has 3 unspecified atom stereocenters. The monoisotopic (exact) mass is 474 g/mol. The molecule has 1 heterocycles. The van der Waals surface area contributed by atoms with Crippen LogP contribution in [-0.2, 0) is 6.54 Å². The zero-order valence-corrected chi connectivity index (χ0v) is 18.5. The van der Waals surface area contributed by atoms with Gasteiger partial charge in [-0.3, -0.25) is 4.90 Å². The van der Waals surface area contributed by atoms with Gasteiger partial charge in [0.1, 0.15) is 5.75 Å². The lowest BCUT2D eigenvalue weighted by atomic mass is 9.75. The number of alkyl halides is 6. The van der Waals surface area contributed by atoms with Crippen LogP contribution in [0.3, 0.4) is 0 Å². The second-order valence-corrected chi connectivity index (χ2v) is 8.80. The molecule has 0 saturated carbocycles. The highest BCUT2D eigenvalue weighted by atomic mass is 19.4. The van der Waals surface area contributed by atoms with E-state index >= 15 is 0 Å². The van der Waals surface area contributed by atoms with Crippen LogP contribution in [0, 0.1) is 11.3 Å². The molecule has 2 aromatic rings. The summed E-state index contributed by atoms with van der Waals surface area (Å²) in [6.45, 7) is 0.436. The Hall–Kier alpha value is -2.26. The van der Waals surface area contributed by atoms with Crippen molar-refractivity contribution in [3.05, 3.63) is 65.7 Å². The minimum absolute atomic E-state index is 0.160. The van der Waals surface area contributed by atoms with Crippen LogP contribution in [0.4, 0.5) is 26.3 Å². The molecule has 2 aromatic carbocycles. The number of halogens is 6. The third kappa shape index (κ3) is 6.00. The van der Waals surface area contributed by atoms with Crippen LogP contribution in [-0.4, -0.2) is 44.0 Å². The van der Waals surface area contributed by atoms with Crippen LogP contribution in [0.1, 0.15) is 30.5 Å². The van der Waals surface area contributed by atoms with E-state index in [4.69, 9.17) is 4.74 Å². The van der Waals surface area contributed by atoms with E-state index in [9.17, 15) is 26.3 Å². The lowest BCUT2D eigenvalue weighted by Crippen LogP contribution is -2.57. The summed E-state index contributed by atoms with van der Waals surface area (Å²) in [6, 6.07) is 15.4. The normalized spacial score (nSPS) is 23.3. The van der Waals surface area contributed by atoms with Crippen molar-refractivity contribution in [2.45, 2.75) is 38.3 Å². The first-order valence-electron chi connectivity index (χ1n) is 10.7. The fourth-order valence-corrected chi connectivity index (χ4v) is 4.46. The van der Waals surface area contributed by atoms with E-state index in [1.807, 2.05) is 30.3 Å². The molecule has 1 fully saturated rings. The second kappa shape index (κ2) is 9.93. The summed E-state index contributed by atoms with van der Waals surface area (Å²) in [6.07, 6.45) is -10.5. The van der Waals surface area contributed by atoms with Gasteiger partial charge in [0.2, 0.25) is 0 Å². The Bertz CT molecular complexity index is 902. The molecule has 3 rings (SSSR count). The molecular formula is C24H28F6N2O. The molecule has 33 heavy (non-hydrogen) atoms. The van der Waals surface area contributed by atoms with E-state index in [-0.39, 0.29) is 6.54 Å². The highest BCUT2D eigenvalue weighted by Crippen LogP contribution is 2.51. The van der Waals surface area contributed by atoms with Gasteiger partial charge >= 0.3 is 12.4 Å². The van der Waals surface area contributed by atoms with Gasteiger partial charge in [0.15, 0.2) is 0 Å². The Morgan fingerprint density at radius 1 is 1.03 bits per heavy atom. The summed E-state index contributed by atoms with van der Waals surface area (Å²) in [4.78, 5) is 1.31. The summed E-state index contributed by atoms with van der Waals surface area (Å²) < 4.78 is 88.2. The van der Waals surface area contributed by atoms with E-state index < -0.39 is 49.2 Å². The topological polar surface area (TPSA) is 24.5 Å². The van der Waals surface area contributed by atoms with E-state index in [0.29, 0.717) is 17.9 Å². The third-order valence-corrected chi connectivity index (χ3v) is 6.30. The number of benzene rings is 2. The minimum atomic E-state index is -4.77. The molecule has 1 saturated heterocycles. The maximum absolute atomic E-state index is 13.9. The fourth-order valence-electron chi connectivity index (χ4n) is 4.46. The first kappa shape index (κ1) is 25.4.